The normalized spacial score (nSPS) is 9.96. The fourth-order valence-electron chi connectivity index (χ4n) is 1.90. The first-order valence-corrected chi connectivity index (χ1v) is 7.31. The second kappa shape index (κ2) is 8.55. The van der Waals surface area contributed by atoms with E-state index in [0.717, 1.165) is 0 Å². The molecule has 0 saturated carbocycles. The van der Waals surface area contributed by atoms with Gasteiger partial charge < -0.3 is 21.1 Å². The molecule has 2 aromatic carbocycles. The van der Waals surface area contributed by atoms with Crippen LogP contribution in [0, 0.1) is 0 Å². The zero-order chi connectivity index (χ0) is 16.5. The molecule has 0 aromatic heterocycles. The van der Waals surface area contributed by atoms with Crippen molar-refractivity contribution < 1.29 is 14.7 Å². The molecule has 4 N–H and O–H groups in total. The second-order valence-corrected chi connectivity index (χ2v) is 4.86. The zero-order valence-corrected chi connectivity index (χ0v) is 12.6. The lowest BCUT2D eigenvalue weighted by molar-refractivity contribution is 0.0951. The van der Waals surface area contributed by atoms with E-state index >= 15 is 0 Å². The van der Waals surface area contributed by atoms with E-state index in [-0.39, 0.29) is 18.5 Å². The van der Waals surface area contributed by atoms with Crippen LogP contribution in [0.25, 0.3) is 0 Å². The average molecular weight is 313 g/mol. The number of nitrogens with one attached hydrogen (secondary N) is 3. The minimum Gasteiger partial charge on any atom is -0.396 e. The molecular formula is C17H19N3O3. The smallest absolute Gasteiger partial charge is 0.323 e. The number of para-hydroxylation sites is 1. The predicted octanol–water partition coefficient (Wildman–Crippen LogP) is 2.44. The molecule has 2 aromatic rings. The summed E-state index contributed by atoms with van der Waals surface area (Å²) < 4.78 is 0. The summed E-state index contributed by atoms with van der Waals surface area (Å²) >= 11 is 0. The molecule has 0 bridgehead atoms. The first-order chi connectivity index (χ1) is 11.2. The third kappa shape index (κ3) is 5.44. The van der Waals surface area contributed by atoms with Gasteiger partial charge in [-0.15, -0.1) is 0 Å². The zero-order valence-electron chi connectivity index (χ0n) is 12.6. The maximum Gasteiger partial charge on any atom is 0.323 e. The lowest BCUT2D eigenvalue weighted by atomic mass is 10.2. The van der Waals surface area contributed by atoms with Crippen LogP contribution in [0.3, 0.4) is 0 Å². The number of hydrogen-bond acceptors (Lipinski definition) is 3. The van der Waals surface area contributed by atoms with Gasteiger partial charge in [0.05, 0.1) is 0 Å². The molecular weight excluding hydrogens is 294 g/mol. The van der Waals surface area contributed by atoms with Crippen molar-refractivity contribution in [3.8, 4) is 0 Å². The van der Waals surface area contributed by atoms with Gasteiger partial charge in [-0.25, -0.2) is 4.79 Å². The fraction of sp³-hybridized carbons (Fsp3) is 0.176. The van der Waals surface area contributed by atoms with E-state index in [2.05, 4.69) is 16.0 Å². The summed E-state index contributed by atoms with van der Waals surface area (Å²) in [7, 11) is 0. The van der Waals surface area contributed by atoms with E-state index in [1.54, 1.807) is 36.4 Å². The number of hydrogen-bond donors (Lipinski definition) is 4. The van der Waals surface area contributed by atoms with Gasteiger partial charge in [-0.3, -0.25) is 4.79 Å². The molecule has 0 radical (unpaired) electrons. The van der Waals surface area contributed by atoms with Crippen LogP contribution >= 0.6 is 0 Å². The summed E-state index contributed by atoms with van der Waals surface area (Å²) in [4.78, 5) is 23.7. The van der Waals surface area contributed by atoms with Gasteiger partial charge in [0.1, 0.15) is 0 Å². The van der Waals surface area contributed by atoms with E-state index in [1.165, 1.54) is 0 Å². The Hall–Kier alpha value is -2.86. The van der Waals surface area contributed by atoms with E-state index in [0.29, 0.717) is 29.9 Å². The van der Waals surface area contributed by atoms with Crippen molar-refractivity contribution in [1.82, 2.24) is 5.32 Å². The van der Waals surface area contributed by atoms with Crippen molar-refractivity contribution in [3.05, 3.63) is 60.2 Å². The molecule has 0 saturated heterocycles. The SMILES string of the molecule is O=C(Nc1ccccc1)Nc1ccc(C(=O)NCCCO)cc1. The number of carbonyl (C=O) groups excluding carboxylic acids is 2. The van der Waals surface area contributed by atoms with Crippen LogP contribution in [0.2, 0.25) is 0 Å². The summed E-state index contributed by atoms with van der Waals surface area (Å²) in [5.74, 6) is -0.210. The molecule has 2 rings (SSSR count). The van der Waals surface area contributed by atoms with Gasteiger partial charge in [-0.05, 0) is 42.8 Å². The Kier molecular flexibility index (Phi) is 6.14. The molecule has 3 amide bonds. The highest BCUT2D eigenvalue weighted by Gasteiger charge is 2.06. The highest BCUT2D eigenvalue weighted by atomic mass is 16.3. The van der Waals surface area contributed by atoms with E-state index < -0.39 is 0 Å². The van der Waals surface area contributed by atoms with Crippen molar-refractivity contribution in [2.45, 2.75) is 6.42 Å². The van der Waals surface area contributed by atoms with Gasteiger partial charge in [0.2, 0.25) is 0 Å². The molecule has 0 fully saturated rings. The van der Waals surface area contributed by atoms with Crippen molar-refractivity contribution in [2.24, 2.45) is 0 Å². The standard InChI is InChI=1S/C17H19N3O3/c21-12-4-11-18-16(22)13-7-9-15(10-8-13)20-17(23)19-14-5-2-1-3-6-14/h1-3,5-10,21H,4,11-12H2,(H,18,22)(H2,19,20,23). The van der Waals surface area contributed by atoms with Gasteiger partial charge >= 0.3 is 6.03 Å². The van der Waals surface area contributed by atoms with Gasteiger partial charge in [-0.1, -0.05) is 18.2 Å². The van der Waals surface area contributed by atoms with Crippen molar-refractivity contribution in [2.75, 3.05) is 23.8 Å². The number of carbonyl (C=O) groups is 2. The lowest BCUT2D eigenvalue weighted by Gasteiger charge is -2.08. The summed E-state index contributed by atoms with van der Waals surface area (Å²) in [6, 6.07) is 15.3. The second-order valence-electron chi connectivity index (χ2n) is 4.86. The minimum absolute atomic E-state index is 0.0413. The molecule has 0 aliphatic heterocycles. The fourth-order valence-corrected chi connectivity index (χ4v) is 1.90. The summed E-state index contributed by atoms with van der Waals surface area (Å²) in [6.07, 6.45) is 0.519. The Bertz CT molecular complexity index is 642. The van der Waals surface area contributed by atoms with Crippen LogP contribution in [0.4, 0.5) is 16.2 Å². The van der Waals surface area contributed by atoms with Crippen LogP contribution in [0.15, 0.2) is 54.6 Å². The number of rotatable bonds is 6. The van der Waals surface area contributed by atoms with Crippen LogP contribution < -0.4 is 16.0 Å². The van der Waals surface area contributed by atoms with Crippen molar-refractivity contribution in [3.63, 3.8) is 0 Å². The summed E-state index contributed by atoms with van der Waals surface area (Å²) in [5.41, 5.74) is 1.78. The predicted molar refractivity (Wildman–Crippen MR) is 89.6 cm³/mol. The highest BCUT2D eigenvalue weighted by Crippen LogP contribution is 2.11. The van der Waals surface area contributed by atoms with Gasteiger partial charge in [0, 0.05) is 30.1 Å². The number of amides is 3. The number of aliphatic hydroxyl groups excluding tert-OH is 1. The first kappa shape index (κ1) is 16.5. The molecule has 120 valence electrons. The molecule has 23 heavy (non-hydrogen) atoms. The Morgan fingerprint density at radius 2 is 1.48 bits per heavy atom. The summed E-state index contributed by atoms with van der Waals surface area (Å²) in [6.45, 7) is 0.467. The Morgan fingerprint density at radius 3 is 2.09 bits per heavy atom. The van der Waals surface area contributed by atoms with E-state index in [4.69, 9.17) is 5.11 Å². The topological polar surface area (TPSA) is 90.5 Å². The minimum atomic E-state index is -0.351. The monoisotopic (exact) mass is 313 g/mol. The van der Waals surface area contributed by atoms with Crippen LogP contribution in [-0.4, -0.2) is 30.2 Å². The lowest BCUT2D eigenvalue weighted by Crippen LogP contribution is -2.25. The van der Waals surface area contributed by atoms with E-state index in [9.17, 15) is 9.59 Å². The number of urea groups is 1. The third-order valence-corrected chi connectivity index (χ3v) is 3.06. The molecule has 0 unspecified atom stereocenters. The van der Waals surface area contributed by atoms with Crippen molar-refractivity contribution >= 4 is 23.3 Å². The highest BCUT2D eigenvalue weighted by molar-refractivity contribution is 6.00. The Balaban J connectivity index is 1.87. The molecule has 0 atom stereocenters. The molecule has 0 heterocycles. The quantitative estimate of drug-likeness (QED) is 0.617. The Labute approximate surface area is 134 Å². The number of aliphatic hydroxyl groups is 1. The van der Waals surface area contributed by atoms with Gasteiger partial charge in [0.15, 0.2) is 0 Å². The van der Waals surface area contributed by atoms with Crippen LogP contribution in [0.1, 0.15) is 16.8 Å². The van der Waals surface area contributed by atoms with Crippen molar-refractivity contribution in [1.29, 1.82) is 0 Å². The van der Waals surface area contributed by atoms with Gasteiger partial charge in [-0.2, -0.15) is 0 Å². The molecule has 6 heteroatoms. The van der Waals surface area contributed by atoms with Crippen LogP contribution in [0.5, 0.6) is 0 Å². The Morgan fingerprint density at radius 1 is 0.870 bits per heavy atom. The van der Waals surface area contributed by atoms with Crippen LogP contribution in [-0.2, 0) is 0 Å². The molecule has 0 aliphatic rings. The van der Waals surface area contributed by atoms with Gasteiger partial charge in [0.25, 0.3) is 5.91 Å². The maximum atomic E-state index is 11.8. The first-order valence-electron chi connectivity index (χ1n) is 7.31. The molecule has 0 aliphatic carbocycles. The third-order valence-electron chi connectivity index (χ3n) is 3.06. The summed E-state index contributed by atoms with van der Waals surface area (Å²) in [5, 5.41) is 16.8. The maximum absolute atomic E-state index is 11.8. The molecule has 0 spiro atoms. The number of benzene rings is 2. The largest absolute Gasteiger partial charge is 0.396 e. The molecule has 6 nitrogen and oxygen atoms in total. The average Bonchev–Trinajstić information content (AvgIpc) is 2.56. The van der Waals surface area contributed by atoms with E-state index in [1.807, 2.05) is 18.2 Å². The number of anilines is 2.